The van der Waals surface area contributed by atoms with Gasteiger partial charge >= 0.3 is 33.0 Å². The Morgan fingerprint density at radius 2 is 0.809 bits per heavy atom. The van der Waals surface area contributed by atoms with Crippen LogP contribution in [-0.4, -0.2) is 39.0 Å². The first-order valence-electron chi connectivity index (χ1n) is 13.8. The predicted octanol–water partition coefficient (Wildman–Crippen LogP) is 10.4. The summed E-state index contributed by atoms with van der Waals surface area (Å²) < 4.78 is 64.5. The minimum atomic E-state index is -10.7. The van der Waals surface area contributed by atoms with Gasteiger partial charge in [0.15, 0.2) is 0 Å². The summed E-state index contributed by atoms with van der Waals surface area (Å²) in [5.41, 5.74) is 4.98. The Morgan fingerprint density at radius 3 is 1.11 bits per heavy atom. The summed E-state index contributed by atoms with van der Waals surface area (Å²) in [5.74, 6) is 0.783. The van der Waals surface area contributed by atoms with E-state index < -0.39 is 7.81 Å². The van der Waals surface area contributed by atoms with Crippen molar-refractivity contribution in [1.82, 2.24) is 19.9 Å². The van der Waals surface area contributed by atoms with Crippen LogP contribution >= 0.6 is 7.81 Å². The van der Waals surface area contributed by atoms with E-state index in [2.05, 4.69) is 73.5 Å². The number of nitrogens with zero attached hydrogens (tertiary/aromatic N) is 5. The second-order valence-electron chi connectivity index (χ2n) is 9.79. The molecule has 6 nitrogen and oxygen atoms in total. The van der Waals surface area contributed by atoms with Gasteiger partial charge in [-0.2, -0.15) is 0 Å². The number of aliphatic imine (C=N–C) groups is 1. The molecular weight excluding hydrogens is 818 g/mol. The minimum absolute atomic E-state index is 0. The Morgan fingerprint density at radius 1 is 0.468 bits per heavy atom. The summed E-state index contributed by atoms with van der Waals surface area (Å²) in [5, 5.41) is 4.55. The van der Waals surface area contributed by atoms with E-state index >= 15 is 0 Å². The topological polar surface area (TPSA) is 73.2 Å². The molecule has 0 unspecified atom stereocenters. The van der Waals surface area contributed by atoms with Gasteiger partial charge in [0.2, 0.25) is 5.90 Å². The van der Waals surface area contributed by atoms with Crippen LogP contribution in [0.3, 0.4) is 0 Å². The van der Waals surface area contributed by atoms with Crippen LogP contribution < -0.4 is 0 Å². The molecule has 0 atom stereocenters. The second kappa shape index (κ2) is 14.0. The van der Waals surface area contributed by atoms with E-state index in [0.29, 0.717) is 0 Å². The van der Waals surface area contributed by atoms with E-state index in [1.807, 2.05) is 54.6 Å². The van der Waals surface area contributed by atoms with Gasteiger partial charge in [0.05, 0.1) is 28.6 Å². The van der Waals surface area contributed by atoms with Gasteiger partial charge in [-0.15, -0.1) is 0 Å². The van der Waals surface area contributed by atoms with Crippen molar-refractivity contribution < 1.29 is 49.7 Å². The van der Waals surface area contributed by atoms with Crippen molar-refractivity contribution in [2.45, 2.75) is 0 Å². The molecule has 0 radical (unpaired) electrons. The van der Waals surface area contributed by atoms with E-state index in [1.54, 1.807) is 24.8 Å². The van der Waals surface area contributed by atoms with Crippen LogP contribution in [-0.2, 0) is 24.5 Å². The first kappa shape index (κ1) is 35.3. The van der Waals surface area contributed by atoms with Crippen molar-refractivity contribution in [3.63, 3.8) is 0 Å². The molecule has 8 rings (SSSR count). The Bertz CT molecular complexity index is 1920. The largest absolute Gasteiger partial charge is 0.476 e. The zero-order valence-electron chi connectivity index (χ0n) is 24.3. The Hall–Kier alpha value is -4.58. The fourth-order valence-corrected chi connectivity index (χ4v) is 4.45. The number of hydrogen-bond acceptors (Lipinski definition) is 6. The van der Waals surface area contributed by atoms with Gasteiger partial charge in [0.25, 0.3) is 0 Å². The summed E-state index contributed by atoms with van der Waals surface area (Å²) in [6.07, 6.45) is 7.21. The van der Waals surface area contributed by atoms with Crippen molar-refractivity contribution in [3.05, 3.63) is 133 Å². The molecule has 0 aliphatic carbocycles. The van der Waals surface area contributed by atoms with E-state index in [9.17, 15) is 25.2 Å². The number of pyridine rings is 4. The number of hydrogen-bond donors (Lipinski definition) is 0. The van der Waals surface area contributed by atoms with Crippen molar-refractivity contribution in [2.75, 3.05) is 13.2 Å². The minimum Gasteiger partial charge on any atom is -0.476 e. The Balaban J connectivity index is 0.000000145. The molecule has 4 aromatic heterocycles. The van der Waals surface area contributed by atoms with E-state index in [0.717, 1.165) is 68.2 Å². The van der Waals surface area contributed by atoms with Crippen molar-refractivity contribution >= 4 is 57.3 Å². The molecule has 0 amide bonds. The maximum atomic E-state index is 9.87. The molecule has 3 aromatic carbocycles. The normalized spacial score (nSPS) is 13.6. The summed E-state index contributed by atoms with van der Waals surface area (Å²) in [6, 6.07) is 34.2. The van der Waals surface area contributed by atoms with E-state index in [-0.39, 0.29) is 19.8 Å². The van der Waals surface area contributed by atoms with Gasteiger partial charge in [-0.3, -0.25) is 19.9 Å². The second-order valence-corrected chi connectivity index (χ2v) is 11.7. The molecular formula is C33H25F6N5OOsP-. The molecule has 14 heteroatoms. The SMILES string of the molecule is F[P-](F)(F)(F)(F)F.[Os].c1ccc(C2=NCCO2)cc1.c1cnc2c(c1)ccc1cccnc12.c1cnc2c(c1)ccc1cccnc12. The summed E-state index contributed by atoms with van der Waals surface area (Å²) in [7, 11) is -10.7. The maximum Gasteiger partial charge on any atom is 0.216 e. The zero-order chi connectivity index (χ0) is 32.7. The quantitative estimate of drug-likeness (QED) is 0.0935. The molecule has 0 fully saturated rings. The van der Waals surface area contributed by atoms with Gasteiger partial charge in [0, 0.05) is 71.7 Å². The van der Waals surface area contributed by atoms with Crippen LogP contribution in [0.15, 0.2) is 133 Å². The molecule has 0 spiro atoms. The van der Waals surface area contributed by atoms with Gasteiger partial charge in [-0.05, 0) is 36.4 Å². The molecule has 5 heterocycles. The first-order chi connectivity index (χ1) is 21.8. The smallest absolute Gasteiger partial charge is 0.216 e. The number of ether oxygens (including phenoxy) is 1. The Labute approximate surface area is 277 Å². The molecule has 47 heavy (non-hydrogen) atoms. The van der Waals surface area contributed by atoms with Crippen molar-refractivity contribution in [1.29, 1.82) is 0 Å². The fraction of sp³-hybridized carbons (Fsp3) is 0.0606. The van der Waals surface area contributed by atoms with Gasteiger partial charge in [-0.1, -0.05) is 66.7 Å². The molecule has 0 N–H and O–H groups in total. The average molecular weight is 843 g/mol. The maximum absolute atomic E-state index is 10.7. The standard InChI is InChI=1S/2C12H8N2.C9H9NO.F6P.Os/c2*1-3-9-5-6-10-4-2-8-14-12(10)11(9)13-7-1;1-2-4-8(5-3-1)9-10-6-7-11-9;1-7(2,3,4,5)6;/h2*1-8H;1-5H,6-7H2;;/q;;;-1;. The number of benzene rings is 3. The number of aromatic nitrogens is 4. The summed E-state index contributed by atoms with van der Waals surface area (Å²) in [4.78, 5) is 21.6. The fourth-order valence-electron chi connectivity index (χ4n) is 4.45. The Kier molecular flexibility index (Phi) is 10.5. The zero-order valence-corrected chi connectivity index (χ0v) is 27.7. The summed E-state index contributed by atoms with van der Waals surface area (Å²) in [6.45, 7) is 1.52. The van der Waals surface area contributed by atoms with E-state index in [4.69, 9.17) is 4.74 Å². The van der Waals surface area contributed by atoms with Crippen LogP contribution in [0, 0.1) is 0 Å². The first-order valence-corrected chi connectivity index (χ1v) is 15.8. The van der Waals surface area contributed by atoms with Gasteiger partial charge in [0.1, 0.15) is 6.61 Å². The molecule has 0 saturated carbocycles. The molecule has 244 valence electrons. The number of halogens is 6. The van der Waals surface area contributed by atoms with Gasteiger partial charge < -0.3 is 4.74 Å². The molecule has 0 bridgehead atoms. The third-order valence-corrected chi connectivity index (χ3v) is 6.30. The number of rotatable bonds is 1. The molecule has 0 saturated heterocycles. The monoisotopic (exact) mass is 844 g/mol. The molecule has 1 aliphatic heterocycles. The van der Waals surface area contributed by atoms with Crippen LogP contribution in [0.5, 0.6) is 0 Å². The molecule has 1 aliphatic rings. The van der Waals surface area contributed by atoms with Gasteiger partial charge in [-0.25, -0.2) is 4.99 Å². The number of fused-ring (bicyclic) bond motifs is 6. The van der Waals surface area contributed by atoms with Crippen molar-refractivity contribution in [3.8, 4) is 0 Å². The van der Waals surface area contributed by atoms with E-state index in [1.165, 1.54) is 0 Å². The van der Waals surface area contributed by atoms with Crippen LogP contribution in [0.2, 0.25) is 0 Å². The average Bonchev–Trinajstić information content (AvgIpc) is 3.60. The predicted molar refractivity (Wildman–Crippen MR) is 171 cm³/mol. The van der Waals surface area contributed by atoms with Crippen LogP contribution in [0.25, 0.3) is 43.6 Å². The molecule has 7 aromatic rings. The summed E-state index contributed by atoms with van der Waals surface area (Å²) >= 11 is 0. The third kappa shape index (κ3) is 11.0. The third-order valence-electron chi connectivity index (χ3n) is 6.30. The van der Waals surface area contributed by atoms with Crippen LogP contribution in [0.1, 0.15) is 5.56 Å². The van der Waals surface area contributed by atoms with Crippen molar-refractivity contribution in [2.24, 2.45) is 4.99 Å². The van der Waals surface area contributed by atoms with Crippen LogP contribution in [0.4, 0.5) is 25.2 Å².